The molecule has 0 unspecified atom stereocenters. The summed E-state index contributed by atoms with van der Waals surface area (Å²) in [6.45, 7) is 2.25. The van der Waals surface area contributed by atoms with E-state index in [9.17, 15) is 9.59 Å². The lowest BCUT2D eigenvalue weighted by molar-refractivity contribution is -0.127. The Hall–Kier alpha value is -3.28. The number of hydrogen-bond donors (Lipinski definition) is 0. The van der Waals surface area contributed by atoms with Crippen molar-refractivity contribution in [3.63, 3.8) is 0 Å². The average molecular weight is 431 g/mol. The van der Waals surface area contributed by atoms with Crippen LogP contribution in [0.1, 0.15) is 41.8 Å². The minimum absolute atomic E-state index is 0.0320. The standard InChI is InChI=1S/C26H30N4O2/c1-19-24-12-6-7-13-25(24)30(28-19)18-23(31)16-21(15-20-9-8-14-27-17-20)26(32)29(2)22-10-4-3-5-11-22/h3-5,8-11,14,17,21H,6-7,12-13,15-16,18H2,1-2H3/t21-/m1/s1. The summed E-state index contributed by atoms with van der Waals surface area (Å²) in [6, 6.07) is 13.4. The molecule has 0 saturated heterocycles. The number of Topliss-reactive ketones (excluding diaryl/α,β-unsaturated/α-hetero) is 1. The number of aromatic nitrogens is 3. The zero-order valence-corrected chi connectivity index (χ0v) is 18.8. The first-order valence-corrected chi connectivity index (χ1v) is 11.3. The van der Waals surface area contributed by atoms with Crippen LogP contribution in [0.2, 0.25) is 0 Å². The van der Waals surface area contributed by atoms with Crippen LogP contribution in [0.5, 0.6) is 0 Å². The molecule has 1 amide bonds. The molecule has 0 saturated carbocycles. The minimum Gasteiger partial charge on any atom is -0.315 e. The Morgan fingerprint density at radius 3 is 2.62 bits per heavy atom. The van der Waals surface area contributed by atoms with Crippen molar-refractivity contribution < 1.29 is 9.59 Å². The molecule has 0 radical (unpaired) electrons. The Bertz CT molecular complexity index is 1080. The van der Waals surface area contributed by atoms with Crippen molar-refractivity contribution >= 4 is 17.4 Å². The summed E-state index contributed by atoms with van der Waals surface area (Å²) < 4.78 is 1.87. The molecule has 1 aromatic carbocycles. The third-order valence-corrected chi connectivity index (χ3v) is 6.29. The lowest BCUT2D eigenvalue weighted by Crippen LogP contribution is -2.35. The monoisotopic (exact) mass is 430 g/mol. The quantitative estimate of drug-likeness (QED) is 0.543. The fraction of sp³-hybridized carbons (Fsp3) is 0.385. The molecule has 166 valence electrons. The third-order valence-electron chi connectivity index (χ3n) is 6.29. The molecule has 1 aliphatic carbocycles. The van der Waals surface area contributed by atoms with Gasteiger partial charge in [0.25, 0.3) is 0 Å². The van der Waals surface area contributed by atoms with Crippen molar-refractivity contribution in [2.75, 3.05) is 11.9 Å². The van der Waals surface area contributed by atoms with Crippen molar-refractivity contribution in [2.45, 2.75) is 52.0 Å². The van der Waals surface area contributed by atoms with Crippen molar-refractivity contribution in [3.05, 3.63) is 77.4 Å². The van der Waals surface area contributed by atoms with Gasteiger partial charge in [-0.25, -0.2) is 0 Å². The fourth-order valence-corrected chi connectivity index (χ4v) is 4.61. The maximum Gasteiger partial charge on any atom is 0.230 e. The van der Waals surface area contributed by atoms with Crippen LogP contribution < -0.4 is 4.90 Å². The number of anilines is 1. The number of pyridine rings is 1. The summed E-state index contributed by atoms with van der Waals surface area (Å²) in [5.74, 6) is -0.485. The molecule has 0 aliphatic heterocycles. The Kier molecular flexibility index (Phi) is 6.78. The van der Waals surface area contributed by atoms with Crippen LogP contribution in [0.4, 0.5) is 5.69 Å². The highest BCUT2D eigenvalue weighted by Crippen LogP contribution is 2.25. The highest BCUT2D eigenvalue weighted by molar-refractivity contribution is 5.97. The maximum absolute atomic E-state index is 13.4. The fourth-order valence-electron chi connectivity index (χ4n) is 4.61. The van der Waals surface area contributed by atoms with Crippen LogP contribution in [0.25, 0.3) is 0 Å². The lowest BCUT2D eigenvalue weighted by Gasteiger charge is -2.24. The van der Waals surface area contributed by atoms with Gasteiger partial charge in [0.05, 0.1) is 12.2 Å². The van der Waals surface area contributed by atoms with E-state index in [0.29, 0.717) is 6.42 Å². The molecule has 1 aliphatic rings. The molecular weight excluding hydrogens is 400 g/mol. The summed E-state index contributed by atoms with van der Waals surface area (Å²) in [5, 5.41) is 4.64. The zero-order chi connectivity index (χ0) is 22.5. The molecule has 2 aromatic heterocycles. The van der Waals surface area contributed by atoms with Gasteiger partial charge in [0, 0.05) is 43.2 Å². The van der Waals surface area contributed by atoms with E-state index in [4.69, 9.17) is 0 Å². The molecule has 32 heavy (non-hydrogen) atoms. The van der Waals surface area contributed by atoms with E-state index in [1.54, 1.807) is 24.3 Å². The van der Waals surface area contributed by atoms with E-state index in [0.717, 1.165) is 36.2 Å². The third kappa shape index (κ3) is 4.96. The van der Waals surface area contributed by atoms with Gasteiger partial charge in [-0.05, 0) is 68.4 Å². The van der Waals surface area contributed by atoms with E-state index in [-0.39, 0.29) is 24.7 Å². The van der Waals surface area contributed by atoms with Crippen LogP contribution >= 0.6 is 0 Å². The van der Waals surface area contributed by atoms with Gasteiger partial charge in [0.1, 0.15) is 0 Å². The normalized spacial score (nSPS) is 13.9. The number of rotatable bonds is 8. The Morgan fingerprint density at radius 1 is 1.09 bits per heavy atom. The number of benzene rings is 1. The first-order valence-electron chi connectivity index (χ1n) is 11.3. The van der Waals surface area contributed by atoms with Crippen molar-refractivity contribution in [2.24, 2.45) is 5.92 Å². The highest BCUT2D eigenvalue weighted by atomic mass is 16.2. The van der Waals surface area contributed by atoms with Gasteiger partial charge >= 0.3 is 0 Å². The number of carbonyl (C=O) groups excluding carboxylic acids is 2. The highest BCUT2D eigenvalue weighted by Gasteiger charge is 2.27. The molecule has 2 heterocycles. The smallest absolute Gasteiger partial charge is 0.230 e. The zero-order valence-electron chi connectivity index (χ0n) is 18.8. The first kappa shape index (κ1) is 21.9. The molecule has 3 aromatic rings. The van der Waals surface area contributed by atoms with Crippen LogP contribution in [0.15, 0.2) is 54.9 Å². The predicted molar refractivity (Wildman–Crippen MR) is 125 cm³/mol. The SMILES string of the molecule is Cc1nn(CC(=O)C[C@@H](Cc2cccnc2)C(=O)N(C)c2ccccc2)c2c1CCCC2. The summed E-state index contributed by atoms with van der Waals surface area (Å²) in [6.07, 6.45) is 8.46. The molecule has 4 rings (SSSR count). The molecule has 6 nitrogen and oxygen atoms in total. The average Bonchev–Trinajstić information content (AvgIpc) is 3.14. The van der Waals surface area contributed by atoms with Crippen molar-refractivity contribution in [1.82, 2.24) is 14.8 Å². The van der Waals surface area contributed by atoms with Gasteiger partial charge in [-0.15, -0.1) is 0 Å². The summed E-state index contributed by atoms with van der Waals surface area (Å²) in [4.78, 5) is 32.3. The minimum atomic E-state index is -0.454. The number of carbonyl (C=O) groups is 2. The maximum atomic E-state index is 13.4. The summed E-state index contributed by atoms with van der Waals surface area (Å²) in [5.41, 5.74) is 5.29. The Labute approximate surface area is 189 Å². The number of aryl methyl sites for hydroxylation is 1. The Morgan fingerprint density at radius 2 is 1.88 bits per heavy atom. The first-order chi connectivity index (χ1) is 15.5. The van der Waals surface area contributed by atoms with Crippen molar-refractivity contribution in [3.8, 4) is 0 Å². The number of fused-ring (bicyclic) bond motifs is 1. The molecule has 0 fully saturated rings. The van der Waals surface area contributed by atoms with Gasteiger partial charge in [0.15, 0.2) is 5.78 Å². The molecule has 0 N–H and O–H groups in total. The van der Waals surface area contributed by atoms with Gasteiger partial charge in [-0.2, -0.15) is 5.10 Å². The van der Waals surface area contributed by atoms with E-state index in [2.05, 4.69) is 10.1 Å². The number of hydrogen-bond acceptors (Lipinski definition) is 4. The summed E-state index contributed by atoms with van der Waals surface area (Å²) in [7, 11) is 1.77. The predicted octanol–water partition coefficient (Wildman–Crippen LogP) is 3.95. The largest absolute Gasteiger partial charge is 0.315 e. The van der Waals surface area contributed by atoms with Crippen LogP contribution in [0.3, 0.4) is 0 Å². The van der Waals surface area contributed by atoms with E-state index in [1.165, 1.54) is 17.7 Å². The molecule has 0 spiro atoms. The number of para-hydroxylation sites is 1. The van der Waals surface area contributed by atoms with E-state index < -0.39 is 5.92 Å². The van der Waals surface area contributed by atoms with Gasteiger partial charge < -0.3 is 4.90 Å². The summed E-state index contributed by atoms with van der Waals surface area (Å²) >= 11 is 0. The molecule has 1 atom stereocenters. The number of amides is 1. The topological polar surface area (TPSA) is 68.1 Å². The van der Waals surface area contributed by atoms with Gasteiger partial charge in [-0.3, -0.25) is 19.3 Å². The number of nitrogens with zero attached hydrogens (tertiary/aromatic N) is 4. The Balaban J connectivity index is 1.52. The van der Waals surface area contributed by atoms with Crippen molar-refractivity contribution in [1.29, 1.82) is 0 Å². The van der Waals surface area contributed by atoms with E-state index in [1.807, 2.05) is 54.1 Å². The van der Waals surface area contributed by atoms with Gasteiger partial charge in [0.2, 0.25) is 5.91 Å². The van der Waals surface area contributed by atoms with Crippen LogP contribution in [-0.4, -0.2) is 33.5 Å². The molecular formula is C26H30N4O2. The van der Waals surface area contributed by atoms with Crippen LogP contribution in [-0.2, 0) is 35.4 Å². The number of ketones is 1. The molecule has 0 bridgehead atoms. The lowest BCUT2D eigenvalue weighted by atomic mass is 9.93. The second-order valence-corrected chi connectivity index (χ2v) is 8.61. The second-order valence-electron chi connectivity index (χ2n) is 8.61. The van der Waals surface area contributed by atoms with E-state index >= 15 is 0 Å². The second kappa shape index (κ2) is 9.90. The molecule has 6 heteroatoms. The van der Waals surface area contributed by atoms with Gasteiger partial charge in [-0.1, -0.05) is 24.3 Å². The van der Waals surface area contributed by atoms with Crippen LogP contribution in [0, 0.1) is 12.8 Å².